The Morgan fingerprint density at radius 3 is 2.46 bits per heavy atom. The van der Waals surface area contributed by atoms with E-state index >= 15 is 0 Å². The zero-order valence-corrected chi connectivity index (χ0v) is 16.3. The van der Waals surface area contributed by atoms with E-state index in [0.29, 0.717) is 5.92 Å². The molecule has 2 heterocycles. The lowest BCUT2D eigenvalue weighted by molar-refractivity contribution is 0.740. The predicted octanol–water partition coefficient (Wildman–Crippen LogP) is 5.13. The maximum absolute atomic E-state index is 6.29. The van der Waals surface area contributed by atoms with Crippen LogP contribution in [0.3, 0.4) is 0 Å². The summed E-state index contributed by atoms with van der Waals surface area (Å²) >= 11 is 0. The lowest BCUT2D eigenvalue weighted by Crippen LogP contribution is -2.18. The normalized spacial score (nSPS) is 15.3. The Morgan fingerprint density at radius 1 is 0.964 bits per heavy atom. The van der Waals surface area contributed by atoms with Crippen molar-refractivity contribution < 1.29 is 0 Å². The molecule has 140 valence electrons. The second-order valence-corrected chi connectivity index (χ2v) is 8.18. The van der Waals surface area contributed by atoms with Crippen LogP contribution in [0.4, 0.5) is 0 Å². The molecule has 2 aromatic carbocycles. The Morgan fingerprint density at radius 2 is 1.75 bits per heavy atom. The third kappa shape index (κ3) is 2.90. The predicted molar refractivity (Wildman–Crippen MR) is 113 cm³/mol. The van der Waals surface area contributed by atoms with Crippen LogP contribution in [0, 0.1) is 0 Å². The number of aromatic nitrogens is 3. The van der Waals surface area contributed by atoms with Crippen LogP contribution < -0.4 is 5.73 Å². The van der Waals surface area contributed by atoms with E-state index in [0.717, 1.165) is 40.7 Å². The Bertz CT molecular complexity index is 1150. The standard InChI is InChI=1S/C24H24N4/c1-16(2)18-4-3-5-19(12-18)22-14-27-28-15-20(13-26-23(22)28)17-6-8-21(9-7-17)24(25)10-11-24/h3-9,12-16H,10-11,25H2,1-2H3. The van der Waals surface area contributed by atoms with Crippen molar-refractivity contribution in [3.05, 3.63) is 78.2 Å². The van der Waals surface area contributed by atoms with E-state index in [-0.39, 0.29) is 5.54 Å². The molecule has 2 N–H and O–H groups in total. The van der Waals surface area contributed by atoms with Gasteiger partial charge in [-0.3, -0.25) is 0 Å². The van der Waals surface area contributed by atoms with Gasteiger partial charge in [0, 0.05) is 29.1 Å². The molecule has 4 heteroatoms. The van der Waals surface area contributed by atoms with Crippen LogP contribution in [0.1, 0.15) is 43.7 Å². The summed E-state index contributed by atoms with van der Waals surface area (Å²) in [5, 5.41) is 4.56. The zero-order chi connectivity index (χ0) is 19.3. The second-order valence-electron chi connectivity index (χ2n) is 8.18. The van der Waals surface area contributed by atoms with Gasteiger partial charge in [0.2, 0.25) is 0 Å². The lowest BCUT2D eigenvalue weighted by Gasteiger charge is -2.10. The van der Waals surface area contributed by atoms with Crippen LogP contribution in [-0.2, 0) is 5.54 Å². The van der Waals surface area contributed by atoms with Gasteiger partial charge in [-0.05, 0) is 41.0 Å². The van der Waals surface area contributed by atoms with Gasteiger partial charge in [-0.2, -0.15) is 5.10 Å². The van der Waals surface area contributed by atoms with Crippen molar-refractivity contribution in [3.63, 3.8) is 0 Å². The summed E-state index contributed by atoms with van der Waals surface area (Å²) in [5.41, 5.74) is 14.0. The molecule has 0 saturated heterocycles. The third-order valence-corrected chi connectivity index (χ3v) is 5.80. The van der Waals surface area contributed by atoms with Crippen LogP contribution in [0.5, 0.6) is 0 Å². The topological polar surface area (TPSA) is 56.2 Å². The SMILES string of the molecule is CC(C)c1cccc(-c2cnn3cc(-c4ccc(C5(N)CC5)cc4)cnc23)c1. The number of hydrogen-bond acceptors (Lipinski definition) is 3. The zero-order valence-electron chi connectivity index (χ0n) is 16.3. The summed E-state index contributed by atoms with van der Waals surface area (Å²) in [5.74, 6) is 0.493. The molecule has 5 rings (SSSR count). The van der Waals surface area contributed by atoms with Crippen LogP contribution in [-0.4, -0.2) is 14.6 Å². The fraction of sp³-hybridized carbons (Fsp3) is 0.250. The molecule has 28 heavy (non-hydrogen) atoms. The summed E-state index contributed by atoms with van der Waals surface area (Å²) in [6.07, 6.45) is 8.03. The highest BCUT2D eigenvalue weighted by Crippen LogP contribution is 2.42. The number of nitrogens with two attached hydrogens (primary N) is 1. The summed E-state index contributed by atoms with van der Waals surface area (Å²) < 4.78 is 1.87. The van der Waals surface area contributed by atoms with Crippen molar-refractivity contribution in [1.82, 2.24) is 14.6 Å². The first-order valence-electron chi connectivity index (χ1n) is 9.87. The van der Waals surface area contributed by atoms with Gasteiger partial charge >= 0.3 is 0 Å². The van der Waals surface area contributed by atoms with Crippen molar-refractivity contribution in [2.45, 2.75) is 38.1 Å². The summed E-state index contributed by atoms with van der Waals surface area (Å²) in [6, 6.07) is 17.2. The van der Waals surface area contributed by atoms with Crippen LogP contribution in [0.25, 0.3) is 27.9 Å². The minimum atomic E-state index is -0.0951. The van der Waals surface area contributed by atoms with E-state index in [1.54, 1.807) is 0 Å². The van der Waals surface area contributed by atoms with E-state index < -0.39 is 0 Å². The number of benzene rings is 2. The Balaban J connectivity index is 1.50. The minimum absolute atomic E-state index is 0.0951. The molecular weight excluding hydrogens is 344 g/mol. The summed E-state index contributed by atoms with van der Waals surface area (Å²) in [4.78, 5) is 4.73. The molecule has 0 aliphatic heterocycles. The summed E-state index contributed by atoms with van der Waals surface area (Å²) in [6.45, 7) is 4.42. The summed E-state index contributed by atoms with van der Waals surface area (Å²) in [7, 11) is 0. The fourth-order valence-electron chi connectivity index (χ4n) is 3.71. The quantitative estimate of drug-likeness (QED) is 0.543. The van der Waals surface area contributed by atoms with E-state index in [9.17, 15) is 0 Å². The van der Waals surface area contributed by atoms with Gasteiger partial charge in [-0.15, -0.1) is 0 Å². The Labute approximate surface area is 165 Å². The fourth-order valence-corrected chi connectivity index (χ4v) is 3.71. The Kier molecular flexibility index (Phi) is 3.84. The number of nitrogens with zero attached hydrogens (tertiary/aromatic N) is 3. The highest BCUT2D eigenvalue weighted by molar-refractivity contribution is 5.78. The third-order valence-electron chi connectivity index (χ3n) is 5.80. The molecule has 0 unspecified atom stereocenters. The molecule has 4 nitrogen and oxygen atoms in total. The molecule has 1 fully saturated rings. The maximum Gasteiger partial charge on any atom is 0.162 e. The Hall–Kier alpha value is -2.98. The number of fused-ring (bicyclic) bond motifs is 1. The van der Waals surface area contributed by atoms with Crippen molar-refractivity contribution >= 4 is 5.65 Å². The molecule has 1 saturated carbocycles. The van der Waals surface area contributed by atoms with Crippen molar-refractivity contribution in [2.75, 3.05) is 0 Å². The highest BCUT2D eigenvalue weighted by Gasteiger charge is 2.39. The van der Waals surface area contributed by atoms with E-state index in [1.165, 1.54) is 11.1 Å². The molecule has 0 atom stereocenters. The van der Waals surface area contributed by atoms with Crippen LogP contribution in [0.15, 0.2) is 67.1 Å². The highest BCUT2D eigenvalue weighted by atomic mass is 15.2. The minimum Gasteiger partial charge on any atom is -0.321 e. The van der Waals surface area contributed by atoms with Gasteiger partial charge in [-0.1, -0.05) is 62.4 Å². The van der Waals surface area contributed by atoms with Gasteiger partial charge in [0.1, 0.15) is 0 Å². The van der Waals surface area contributed by atoms with Crippen molar-refractivity contribution in [3.8, 4) is 22.3 Å². The lowest BCUT2D eigenvalue weighted by atomic mass is 9.98. The monoisotopic (exact) mass is 368 g/mol. The van der Waals surface area contributed by atoms with Crippen LogP contribution in [0.2, 0.25) is 0 Å². The molecule has 0 spiro atoms. The first-order valence-corrected chi connectivity index (χ1v) is 9.87. The molecule has 4 aromatic rings. The first-order chi connectivity index (χ1) is 13.5. The van der Waals surface area contributed by atoms with Gasteiger partial charge in [0.25, 0.3) is 0 Å². The van der Waals surface area contributed by atoms with E-state index in [1.807, 2.05) is 23.1 Å². The van der Waals surface area contributed by atoms with E-state index in [4.69, 9.17) is 10.7 Å². The molecular formula is C24H24N4. The average molecular weight is 368 g/mol. The van der Waals surface area contributed by atoms with Crippen molar-refractivity contribution in [2.24, 2.45) is 5.73 Å². The van der Waals surface area contributed by atoms with Gasteiger partial charge in [0.15, 0.2) is 5.65 Å². The second kappa shape index (κ2) is 6.28. The maximum atomic E-state index is 6.29. The van der Waals surface area contributed by atoms with Crippen molar-refractivity contribution in [1.29, 1.82) is 0 Å². The molecule has 0 amide bonds. The smallest absolute Gasteiger partial charge is 0.162 e. The number of hydrogen-bond donors (Lipinski definition) is 1. The largest absolute Gasteiger partial charge is 0.321 e. The molecule has 2 aromatic heterocycles. The van der Waals surface area contributed by atoms with E-state index in [2.05, 4.69) is 67.5 Å². The molecule has 0 bridgehead atoms. The van der Waals surface area contributed by atoms with Gasteiger partial charge < -0.3 is 5.73 Å². The van der Waals surface area contributed by atoms with Gasteiger partial charge in [0.05, 0.1) is 6.20 Å². The first kappa shape index (κ1) is 17.1. The number of rotatable bonds is 4. The molecule has 1 aliphatic carbocycles. The van der Waals surface area contributed by atoms with Gasteiger partial charge in [-0.25, -0.2) is 9.50 Å². The van der Waals surface area contributed by atoms with Crippen LogP contribution >= 0.6 is 0 Å². The molecule has 0 radical (unpaired) electrons. The average Bonchev–Trinajstić information content (AvgIpc) is 3.33. The molecule has 1 aliphatic rings.